The lowest BCUT2D eigenvalue weighted by atomic mass is 10.1. The van der Waals surface area contributed by atoms with Crippen LogP contribution in [0.4, 0.5) is 4.79 Å². The highest BCUT2D eigenvalue weighted by molar-refractivity contribution is 5.89. The Kier molecular flexibility index (Phi) is 21.4. The van der Waals surface area contributed by atoms with Gasteiger partial charge in [-0.05, 0) is 65.5 Å². The number of likely N-dealkylation sites (N-methyl/N-ethyl adjacent to an activating group) is 1. The number of carbonyl (C=O) groups excluding carboxylic acids is 4. The van der Waals surface area contributed by atoms with Gasteiger partial charge in [0.1, 0.15) is 17.7 Å². The fourth-order valence-corrected chi connectivity index (χ4v) is 4.13. The topological polar surface area (TPSA) is 156 Å². The van der Waals surface area contributed by atoms with E-state index in [0.717, 1.165) is 36.8 Å². The molecule has 2 amide bonds. The molecule has 0 radical (unpaired) electrons. The maximum Gasteiger partial charge on any atom is 0.410 e. The van der Waals surface area contributed by atoms with Gasteiger partial charge in [0.25, 0.3) is 0 Å². The van der Waals surface area contributed by atoms with Gasteiger partial charge in [0, 0.05) is 7.05 Å². The number of esters is 2. The highest BCUT2D eigenvalue weighted by atomic mass is 16.6. The number of unbranched alkanes of at least 4 members (excludes halogenated alkanes) is 2. The summed E-state index contributed by atoms with van der Waals surface area (Å²) in [5.41, 5.74) is 7.12. The van der Waals surface area contributed by atoms with Crippen molar-refractivity contribution >= 4 is 23.9 Å². The molecule has 0 fully saturated rings. The van der Waals surface area contributed by atoms with E-state index in [4.69, 9.17) is 29.4 Å². The normalized spacial score (nSPS) is 14.0. The maximum atomic E-state index is 12.9. The van der Waals surface area contributed by atoms with E-state index in [2.05, 4.69) is 5.32 Å². The summed E-state index contributed by atoms with van der Waals surface area (Å²) in [5.74, 6) is -1.47. The molecule has 0 heterocycles. The number of nitrogens with one attached hydrogen (secondary N) is 1. The summed E-state index contributed by atoms with van der Waals surface area (Å²) < 4.78 is 27.2. The quantitative estimate of drug-likeness (QED) is 0.101. The van der Waals surface area contributed by atoms with Crippen molar-refractivity contribution in [2.24, 2.45) is 5.73 Å². The standard InChI is InChI=1S/C24H38N2O6.C15H23NO3/c1-8-9-15-30-22(28)20(18(3)31-16-19-13-11-10-12-14-19)25-21(27)17(2)26(7)23(29)32-24(4,5)6;1-3-4-10-18-15(17)14(16)12(2)19-11-13-8-6-5-7-9-13/h10-14,17-18,20H,8-9,15-16H2,1-7H3,(H,25,27);5-9,12,14H,3-4,10-11,16H2,1-2H3/t17?,18-,20+;12-,14+/m11/s1. The van der Waals surface area contributed by atoms with Gasteiger partial charge in [-0.1, -0.05) is 87.4 Å². The first-order valence-electron chi connectivity index (χ1n) is 17.8. The first kappa shape index (κ1) is 45.0. The number of nitrogens with two attached hydrogens (primary N) is 1. The number of amides is 2. The van der Waals surface area contributed by atoms with Gasteiger partial charge >= 0.3 is 18.0 Å². The number of hydrogen-bond donors (Lipinski definition) is 2. The summed E-state index contributed by atoms with van der Waals surface area (Å²) in [6, 6.07) is 16.7. The molecule has 0 aromatic heterocycles. The van der Waals surface area contributed by atoms with Crippen molar-refractivity contribution in [3.05, 3.63) is 71.8 Å². The predicted octanol–water partition coefficient (Wildman–Crippen LogP) is 5.94. The number of rotatable bonds is 19. The molecule has 2 rings (SSSR count). The third kappa shape index (κ3) is 18.7. The van der Waals surface area contributed by atoms with Gasteiger partial charge < -0.3 is 34.7 Å². The molecule has 2 aromatic rings. The molecule has 0 spiro atoms. The third-order valence-electron chi connectivity index (χ3n) is 7.64. The molecule has 286 valence electrons. The molecule has 2 aromatic carbocycles. The largest absolute Gasteiger partial charge is 0.464 e. The molecule has 3 N–H and O–H groups in total. The van der Waals surface area contributed by atoms with Crippen LogP contribution in [0.25, 0.3) is 0 Å². The Labute approximate surface area is 304 Å². The summed E-state index contributed by atoms with van der Waals surface area (Å²) in [6.07, 6.45) is 1.81. The van der Waals surface area contributed by atoms with Crippen LogP contribution in [0.3, 0.4) is 0 Å². The molecule has 5 atom stereocenters. The highest BCUT2D eigenvalue weighted by Crippen LogP contribution is 2.13. The zero-order valence-electron chi connectivity index (χ0n) is 32.0. The molecule has 0 aliphatic rings. The molecule has 51 heavy (non-hydrogen) atoms. The van der Waals surface area contributed by atoms with Gasteiger partial charge in [0.2, 0.25) is 5.91 Å². The SMILES string of the molecule is CCCCOC(=O)[C@@H](N)[C@@H](C)OCc1ccccc1.CCCCOC(=O)[C@@H](NC(=O)C(C)N(C)C(=O)OC(C)(C)C)[C@@H](C)OCc1ccccc1. The van der Waals surface area contributed by atoms with Crippen molar-refractivity contribution < 1.29 is 42.9 Å². The summed E-state index contributed by atoms with van der Waals surface area (Å²) in [5, 5.41) is 2.69. The third-order valence-corrected chi connectivity index (χ3v) is 7.64. The number of carbonyl (C=O) groups is 4. The van der Waals surface area contributed by atoms with E-state index < -0.39 is 53.8 Å². The minimum Gasteiger partial charge on any atom is -0.464 e. The zero-order valence-corrected chi connectivity index (χ0v) is 32.0. The lowest BCUT2D eigenvalue weighted by Gasteiger charge is -2.30. The van der Waals surface area contributed by atoms with Crippen molar-refractivity contribution in [1.82, 2.24) is 10.2 Å². The second-order valence-electron chi connectivity index (χ2n) is 13.3. The van der Waals surface area contributed by atoms with E-state index in [1.54, 1.807) is 41.5 Å². The van der Waals surface area contributed by atoms with E-state index in [0.29, 0.717) is 13.2 Å². The molecule has 1 unspecified atom stereocenters. The van der Waals surface area contributed by atoms with E-state index >= 15 is 0 Å². The van der Waals surface area contributed by atoms with Crippen molar-refractivity contribution in [2.45, 2.75) is 130 Å². The first-order valence-corrected chi connectivity index (χ1v) is 17.8. The van der Waals surface area contributed by atoms with Crippen LogP contribution >= 0.6 is 0 Å². The van der Waals surface area contributed by atoms with Gasteiger partial charge in [-0.2, -0.15) is 0 Å². The van der Waals surface area contributed by atoms with Crippen molar-refractivity contribution in [1.29, 1.82) is 0 Å². The van der Waals surface area contributed by atoms with Gasteiger partial charge in [-0.3, -0.25) is 14.5 Å². The van der Waals surface area contributed by atoms with Crippen LogP contribution in [0.15, 0.2) is 60.7 Å². The number of nitrogens with zero attached hydrogens (tertiary/aromatic N) is 1. The molecular weight excluding hydrogens is 654 g/mol. The smallest absolute Gasteiger partial charge is 0.410 e. The van der Waals surface area contributed by atoms with Gasteiger partial charge in [0.05, 0.1) is 38.6 Å². The second kappa shape index (κ2) is 24.2. The van der Waals surface area contributed by atoms with Crippen LogP contribution in [0.1, 0.15) is 92.2 Å². The van der Waals surface area contributed by atoms with Gasteiger partial charge in [-0.15, -0.1) is 0 Å². The molecule has 0 aliphatic heterocycles. The van der Waals surface area contributed by atoms with Crippen LogP contribution in [0.2, 0.25) is 0 Å². The van der Waals surface area contributed by atoms with Crippen molar-refractivity contribution in [3.8, 4) is 0 Å². The van der Waals surface area contributed by atoms with Crippen LogP contribution in [0, 0.1) is 0 Å². The molecule has 0 aliphatic carbocycles. The number of hydrogen-bond acceptors (Lipinski definition) is 10. The van der Waals surface area contributed by atoms with E-state index in [-0.39, 0.29) is 19.3 Å². The van der Waals surface area contributed by atoms with E-state index in [1.807, 2.05) is 74.5 Å². The summed E-state index contributed by atoms with van der Waals surface area (Å²) in [6.45, 7) is 15.7. The van der Waals surface area contributed by atoms with Crippen molar-refractivity contribution in [3.63, 3.8) is 0 Å². The highest BCUT2D eigenvalue weighted by Gasteiger charge is 2.33. The Morgan fingerprint density at radius 2 is 1.20 bits per heavy atom. The average Bonchev–Trinajstić information content (AvgIpc) is 3.11. The first-order chi connectivity index (χ1) is 24.1. The molecule has 0 saturated carbocycles. The van der Waals surface area contributed by atoms with Crippen LogP contribution in [-0.2, 0) is 51.3 Å². The van der Waals surface area contributed by atoms with Crippen LogP contribution in [-0.4, -0.2) is 85.0 Å². The van der Waals surface area contributed by atoms with E-state index in [1.165, 1.54) is 11.9 Å². The Morgan fingerprint density at radius 3 is 1.65 bits per heavy atom. The Bertz CT molecular complexity index is 1290. The average molecular weight is 716 g/mol. The number of benzene rings is 2. The Hall–Kier alpha value is -4.00. The molecule has 12 nitrogen and oxygen atoms in total. The van der Waals surface area contributed by atoms with Crippen molar-refractivity contribution in [2.75, 3.05) is 20.3 Å². The predicted molar refractivity (Wildman–Crippen MR) is 196 cm³/mol. The minimum atomic E-state index is -1.02. The lowest BCUT2D eigenvalue weighted by molar-refractivity contribution is -0.153. The minimum absolute atomic E-state index is 0.264. The van der Waals surface area contributed by atoms with E-state index in [9.17, 15) is 19.2 Å². The lowest BCUT2D eigenvalue weighted by Crippen LogP contribution is -2.55. The maximum absolute atomic E-state index is 12.9. The zero-order chi connectivity index (χ0) is 38.4. The van der Waals surface area contributed by atoms with Gasteiger partial charge in [-0.25, -0.2) is 9.59 Å². The molecular formula is C39H61N3O9. The summed E-state index contributed by atoms with van der Waals surface area (Å²) in [4.78, 5) is 50.7. The molecule has 0 saturated heterocycles. The Morgan fingerprint density at radius 1 is 0.745 bits per heavy atom. The van der Waals surface area contributed by atoms with Gasteiger partial charge in [0.15, 0.2) is 6.04 Å². The summed E-state index contributed by atoms with van der Waals surface area (Å²) in [7, 11) is 1.47. The fraction of sp³-hybridized carbons (Fsp3) is 0.590. The summed E-state index contributed by atoms with van der Waals surface area (Å²) >= 11 is 0. The number of ether oxygens (including phenoxy) is 5. The Balaban J connectivity index is 0.000000581. The van der Waals surface area contributed by atoms with Crippen LogP contribution < -0.4 is 11.1 Å². The second-order valence-corrected chi connectivity index (χ2v) is 13.3. The fourth-order valence-electron chi connectivity index (χ4n) is 4.13. The molecule has 0 bridgehead atoms. The molecule has 12 heteroatoms. The van der Waals surface area contributed by atoms with Crippen LogP contribution in [0.5, 0.6) is 0 Å². The monoisotopic (exact) mass is 715 g/mol.